The molecule has 2 rings (SSSR count). The van der Waals surface area contributed by atoms with Crippen LogP contribution in [-0.2, 0) is 0 Å². The molecule has 0 aliphatic carbocycles. The van der Waals surface area contributed by atoms with Gasteiger partial charge in [0.15, 0.2) is 0 Å². The fourth-order valence-electron chi connectivity index (χ4n) is 2.04. The predicted octanol–water partition coefficient (Wildman–Crippen LogP) is 4.58. The van der Waals surface area contributed by atoms with Gasteiger partial charge in [0.1, 0.15) is 5.82 Å². The van der Waals surface area contributed by atoms with E-state index in [1.54, 1.807) is 17.4 Å². The number of thiophene rings is 1. The fraction of sp³-hybridized carbons (Fsp3) is 0.286. The van der Waals surface area contributed by atoms with Crippen LogP contribution in [0.1, 0.15) is 26.9 Å². The molecule has 0 saturated carbocycles. The van der Waals surface area contributed by atoms with Crippen LogP contribution in [0.15, 0.2) is 28.7 Å². The highest BCUT2D eigenvalue weighted by Gasteiger charge is 2.17. The van der Waals surface area contributed by atoms with Gasteiger partial charge in [0.2, 0.25) is 0 Å². The number of hydrogen-bond acceptors (Lipinski definition) is 2. The van der Waals surface area contributed by atoms with Gasteiger partial charge in [0.05, 0.1) is 6.04 Å². The van der Waals surface area contributed by atoms with Crippen LogP contribution in [0.2, 0.25) is 0 Å². The third kappa shape index (κ3) is 2.66. The summed E-state index contributed by atoms with van der Waals surface area (Å²) in [6.45, 7) is 4.03. The van der Waals surface area contributed by atoms with E-state index in [4.69, 9.17) is 0 Å². The second kappa shape index (κ2) is 5.51. The lowest BCUT2D eigenvalue weighted by Crippen LogP contribution is -2.17. The predicted molar refractivity (Wildman–Crippen MR) is 78.8 cm³/mol. The Balaban J connectivity index is 2.45. The largest absolute Gasteiger partial charge is 0.309 e. The molecule has 0 aliphatic rings. The van der Waals surface area contributed by atoms with Crippen LogP contribution < -0.4 is 5.32 Å². The molecule has 1 nitrogen and oxygen atoms in total. The van der Waals surface area contributed by atoms with Crippen molar-refractivity contribution in [1.29, 1.82) is 0 Å². The van der Waals surface area contributed by atoms with Crippen molar-refractivity contribution in [1.82, 2.24) is 5.32 Å². The van der Waals surface area contributed by atoms with E-state index in [0.29, 0.717) is 0 Å². The smallest absolute Gasteiger partial charge is 0.123 e. The average Bonchev–Trinajstić information content (AvgIpc) is 2.63. The Morgan fingerprint density at radius 3 is 2.50 bits per heavy atom. The van der Waals surface area contributed by atoms with Crippen molar-refractivity contribution in [2.75, 3.05) is 7.05 Å². The monoisotopic (exact) mass is 327 g/mol. The molecule has 1 aromatic heterocycles. The molecule has 1 heterocycles. The Morgan fingerprint density at radius 1 is 1.28 bits per heavy atom. The van der Waals surface area contributed by atoms with Gasteiger partial charge in [0, 0.05) is 14.2 Å². The topological polar surface area (TPSA) is 12.0 Å². The Kier molecular flexibility index (Phi) is 4.20. The van der Waals surface area contributed by atoms with Gasteiger partial charge in [0.25, 0.3) is 0 Å². The quantitative estimate of drug-likeness (QED) is 0.870. The Morgan fingerprint density at radius 2 is 2.00 bits per heavy atom. The highest BCUT2D eigenvalue weighted by atomic mass is 79.9. The third-order valence-corrected chi connectivity index (χ3v) is 5.19. The van der Waals surface area contributed by atoms with E-state index in [-0.39, 0.29) is 11.9 Å². The molecule has 0 radical (unpaired) electrons. The lowest BCUT2D eigenvalue weighted by Gasteiger charge is -2.17. The van der Waals surface area contributed by atoms with Crippen molar-refractivity contribution in [3.8, 4) is 0 Å². The van der Waals surface area contributed by atoms with Crippen molar-refractivity contribution in [3.05, 3.63) is 55.4 Å². The second-order valence-electron chi connectivity index (χ2n) is 4.28. The molecular weight excluding hydrogens is 313 g/mol. The summed E-state index contributed by atoms with van der Waals surface area (Å²) in [4.78, 5) is 2.49. The van der Waals surface area contributed by atoms with Gasteiger partial charge in [-0.2, -0.15) is 0 Å². The molecule has 1 aromatic carbocycles. The minimum atomic E-state index is -0.186. The highest BCUT2D eigenvalue weighted by molar-refractivity contribution is 9.10. The number of benzene rings is 1. The van der Waals surface area contributed by atoms with Crippen molar-refractivity contribution in [2.45, 2.75) is 19.9 Å². The molecule has 1 N–H and O–H groups in total. The van der Waals surface area contributed by atoms with Crippen LogP contribution in [0.4, 0.5) is 4.39 Å². The Bertz CT molecular complexity index is 545. The molecule has 0 aliphatic heterocycles. The van der Waals surface area contributed by atoms with Crippen LogP contribution in [0.5, 0.6) is 0 Å². The van der Waals surface area contributed by atoms with E-state index in [1.807, 2.05) is 20.0 Å². The molecule has 1 unspecified atom stereocenters. The van der Waals surface area contributed by atoms with Gasteiger partial charge in [-0.25, -0.2) is 4.39 Å². The molecule has 1 atom stereocenters. The summed E-state index contributed by atoms with van der Waals surface area (Å²) in [7, 11) is 1.93. The molecular formula is C14H15BrFNS. The molecule has 4 heteroatoms. The van der Waals surface area contributed by atoms with Gasteiger partial charge in [-0.3, -0.25) is 0 Å². The first-order chi connectivity index (χ1) is 8.52. The molecule has 18 heavy (non-hydrogen) atoms. The van der Waals surface area contributed by atoms with Crippen LogP contribution in [-0.4, -0.2) is 7.05 Å². The van der Waals surface area contributed by atoms with E-state index in [9.17, 15) is 4.39 Å². The maximum Gasteiger partial charge on any atom is 0.123 e. The summed E-state index contributed by atoms with van der Waals surface area (Å²) in [5.41, 5.74) is 2.09. The molecule has 96 valence electrons. The van der Waals surface area contributed by atoms with Gasteiger partial charge < -0.3 is 5.32 Å². The van der Waals surface area contributed by atoms with Gasteiger partial charge >= 0.3 is 0 Å². The summed E-state index contributed by atoms with van der Waals surface area (Å²) < 4.78 is 14.3. The molecule has 0 saturated heterocycles. The summed E-state index contributed by atoms with van der Waals surface area (Å²) >= 11 is 5.29. The highest BCUT2D eigenvalue weighted by Crippen LogP contribution is 2.34. The molecule has 0 bridgehead atoms. The zero-order chi connectivity index (χ0) is 13.3. The van der Waals surface area contributed by atoms with Gasteiger partial charge in [-0.1, -0.05) is 6.07 Å². The van der Waals surface area contributed by atoms with Crippen LogP contribution in [0, 0.1) is 19.7 Å². The summed E-state index contributed by atoms with van der Waals surface area (Å²) in [5.74, 6) is -0.186. The van der Waals surface area contributed by atoms with Gasteiger partial charge in [-0.05, 0) is 66.2 Å². The zero-order valence-electron chi connectivity index (χ0n) is 10.6. The lowest BCUT2D eigenvalue weighted by molar-refractivity contribution is 0.622. The summed E-state index contributed by atoms with van der Waals surface area (Å²) in [6, 6.07) is 7.19. The number of hydrogen-bond donors (Lipinski definition) is 1. The van der Waals surface area contributed by atoms with Crippen LogP contribution in [0.25, 0.3) is 0 Å². The normalized spacial score (nSPS) is 12.7. The van der Waals surface area contributed by atoms with E-state index in [1.165, 1.54) is 15.8 Å². The number of nitrogens with one attached hydrogen (secondary N) is 1. The van der Waals surface area contributed by atoms with E-state index >= 15 is 0 Å². The standard InChI is InChI=1S/C14H15BrFNS/c1-8-6-10(16)4-5-11(8)14(17-3)13-7-12(15)9(2)18-13/h4-7,14,17H,1-3H3. The van der Waals surface area contributed by atoms with Crippen molar-refractivity contribution >= 4 is 27.3 Å². The Hall–Kier alpha value is -0.710. The van der Waals surface area contributed by atoms with E-state index in [0.717, 1.165) is 15.6 Å². The van der Waals surface area contributed by atoms with Crippen molar-refractivity contribution in [3.63, 3.8) is 0 Å². The van der Waals surface area contributed by atoms with Crippen molar-refractivity contribution < 1.29 is 4.39 Å². The first-order valence-electron chi connectivity index (χ1n) is 5.72. The van der Waals surface area contributed by atoms with Crippen LogP contribution in [0.3, 0.4) is 0 Å². The Labute approximate surface area is 119 Å². The first-order valence-corrected chi connectivity index (χ1v) is 7.33. The lowest BCUT2D eigenvalue weighted by atomic mass is 10.00. The van der Waals surface area contributed by atoms with Crippen LogP contribution >= 0.6 is 27.3 Å². The molecule has 2 aromatic rings. The maximum atomic E-state index is 13.2. The maximum absolute atomic E-state index is 13.2. The molecule has 0 fully saturated rings. The molecule has 0 spiro atoms. The minimum Gasteiger partial charge on any atom is -0.309 e. The van der Waals surface area contributed by atoms with Gasteiger partial charge in [-0.15, -0.1) is 11.3 Å². The SMILES string of the molecule is CNC(c1cc(Br)c(C)s1)c1ccc(F)cc1C. The second-order valence-corrected chi connectivity index (χ2v) is 6.42. The number of halogens is 2. The van der Waals surface area contributed by atoms with E-state index in [2.05, 4.69) is 34.2 Å². The minimum absolute atomic E-state index is 0.112. The zero-order valence-corrected chi connectivity index (χ0v) is 13.0. The third-order valence-electron chi connectivity index (χ3n) is 2.99. The fourth-order valence-corrected chi connectivity index (χ4v) is 3.73. The average molecular weight is 328 g/mol. The van der Waals surface area contributed by atoms with E-state index < -0.39 is 0 Å². The summed E-state index contributed by atoms with van der Waals surface area (Å²) in [6.07, 6.45) is 0. The summed E-state index contributed by atoms with van der Waals surface area (Å²) in [5, 5.41) is 3.30. The number of rotatable bonds is 3. The van der Waals surface area contributed by atoms with Crippen molar-refractivity contribution in [2.24, 2.45) is 0 Å². The first kappa shape index (κ1) is 13.7. The number of aryl methyl sites for hydroxylation is 2. The molecule has 0 amide bonds.